The van der Waals surface area contributed by atoms with Gasteiger partial charge in [0.25, 0.3) is 0 Å². The number of amides is 2. The lowest BCUT2D eigenvalue weighted by Gasteiger charge is -2.29. The van der Waals surface area contributed by atoms with Crippen LogP contribution in [0, 0.1) is 5.92 Å². The van der Waals surface area contributed by atoms with Gasteiger partial charge in [0.1, 0.15) is 0 Å². The fraction of sp³-hybridized carbons (Fsp3) is 0.818. The predicted octanol–water partition coefficient (Wildman–Crippen LogP) is 1.34. The van der Waals surface area contributed by atoms with Gasteiger partial charge >= 0.3 is 6.09 Å². The second-order valence-electron chi connectivity index (χ2n) is 4.66. The molecule has 2 amide bonds. The van der Waals surface area contributed by atoms with Gasteiger partial charge in [-0.05, 0) is 25.7 Å². The lowest BCUT2D eigenvalue weighted by Crippen LogP contribution is -2.44. The van der Waals surface area contributed by atoms with Crippen LogP contribution in [0.5, 0.6) is 0 Å². The van der Waals surface area contributed by atoms with Crippen molar-refractivity contribution in [3.8, 4) is 0 Å². The molecule has 3 N–H and O–H groups in total. The standard InChI is InChI=1S/C11H20N2O3/c1-7(2)10(14)12-8-3-5-9(6-4-8)13-11(15)16/h7-9,13H,3-6H2,1-2H3,(H,12,14)(H,15,16)/t8-,9+. The van der Waals surface area contributed by atoms with Crippen LogP contribution in [0.25, 0.3) is 0 Å². The molecule has 1 rings (SSSR count). The van der Waals surface area contributed by atoms with Crippen molar-refractivity contribution < 1.29 is 14.7 Å². The molecule has 0 atom stereocenters. The average molecular weight is 228 g/mol. The molecule has 0 aliphatic heterocycles. The molecule has 16 heavy (non-hydrogen) atoms. The fourth-order valence-corrected chi connectivity index (χ4v) is 1.92. The minimum Gasteiger partial charge on any atom is -0.465 e. The monoisotopic (exact) mass is 228 g/mol. The van der Waals surface area contributed by atoms with Crippen LogP contribution in [0.1, 0.15) is 39.5 Å². The number of carbonyl (C=O) groups is 2. The first kappa shape index (κ1) is 12.8. The molecule has 0 radical (unpaired) electrons. The molecule has 0 aromatic carbocycles. The molecule has 0 aromatic rings. The summed E-state index contributed by atoms with van der Waals surface area (Å²) < 4.78 is 0. The van der Waals surface area contributed by atoms with Crippen molar-refractivity contribution >= 4 is 12.0 Å². The summed E-state index contributed by atoms with van der Waals surface area (Å²) in [5.74, 6) is 0.0875. The zero-order valence-electron chi connectivity index (χ0n) is 9.82. The number of nitrogens with one attached hydrogen (secondary N) is 2. The van der Waals surface area contributed by atoms with E-state index in [0.717, 1.165) is 25.7 Å². The van der Waals surface area contributed by atoms with Crippen LogP contribution < -0.4 is 10.6 Å². The minimum atomic E-state index is -0.963. The maximum atomic E-state index is 11.4. The Morgan fingerprint density at radius 3 is 1.88 bits per heavy atom. The summed E-state index contributed by atoms with van der Waals surface area (Å²) in [5.41, 5.74) is 0. The molecule has 5 nitrogen and oxygen atoms in total. The van der Waals surface area contributed by atoms with E-state index in [1.54, 1.807) is 0 Å². The van der Waals surface area contributed by atoms with Crippen molar-refractivity contribution in [3.63, 3.8) is 0 Å². The maximum Gasteiger partial charge on any atom is 0.404 e. The molecule has 92 valence electrons. The van der Waals surface area contributed by atoms with Crippen molar-refractivity contribution in [2.75, 3.05) is 0 Å². The Morgan fingerprint density at radius 1 is 1.06 bits per heavy atom. The highest BCUT2D eigenvalue weighted by Gasteiger charge is 2.23. The van der Waals surface area contributed by atoms with Crippen molar-refractivity contribution in [1.82, 2.24) is 10.6 Å². The molecule has 1 fully saturated rings. The summed E-state index contributed by atoms with van der Waals surface area (Å²) >= 11 is 0. The van der Waals surface area contributed by atoms with Gasteiger partial charge in [-0.3, -0.25) is 4.79 Å². The van der Waals surface area contributed by atoms with Crippen LogP contribution in [0.4, 0.5) is 4.79 Å². The quantitative estimate of drug-likeness (QED) is 0.682. The van der Waals surface area contributed by atoms with Gasteiger partial charge in [0.05, 0.1) is 0 Å². The summed E-state index contributed by atoms with van der Waals surface area (Å²) in [7, 11) is 0. The molecule has 0 bridgehead atoms. The first-order chi connectivity index (χ1) is 7.49. The van der Waals surface area contributed by atoms with Gasteiger partial charge in [-0.1, -0.05) is 13.8 Å². The molecular formula is C11H20N2O3. The topological polar surface area (TPSA) is 78.4 Å². The highest BCUT2D eigenvalue weighted by Crippen LogP contribution is 2.18. The fourth-order valence-electron chi connectivity index (χ4n) is 1.92. The third-order valence-corrected chi connectivity index (χ3v) is 2.93. The molecule has 0 aromatic heterocycles. The van der Waals surface area contributed by atoms with Crippen LogP contribution in [0.15, 0.2) is 0 Å². The summed E-state index contributed by atoms with van der Waals surface area (Å²) in [6.07, 6.45) is 2.34. The van der Waals surface area contributed by atoms with Crippen molar-refractivity contribution in [2.24, 2.45) is 5.92 Å². The third-order valence-electron chi connectivity index (χ3n) is 2.93. The summed E-state index contributed by atoms with van der Waals surface area (Å²) in [5, 5.41) is 14.0. The van der Waals surface area contributed by atoms with E-state index >= 15 is 0 Å². The van der Waals surface area contributed by atoms with E-state index in [9.17, 15) is 9.59 Å². The smallest absolute Gasteiger partial charge is 0.404 e. The zero-order chi connectivity index (χ0) is 12.1. The Hall–Kier alpha value is -1.26. The first-order valence-electron chi connectivity index (χ1n) is 5.79. The first-order valence-corrected chi connectivity index (χ1v) is 5.79. The molecular weight excluding hydrogens is 208 g/mol. The molecule has 0 spiro atoms. The SMILES string of the molecule is CC(C)C(=O)N[C@H]1CC[C@@H](NC(=O)O)CC1. The van der Waals surface area contributed by atoms with E-state index < -0.39 is 6.09 Å². The molecule has 0 heterocycles. The van der Waals surface area contributed by atoms with E-state index in [1.165, 1.54) is 0 Å². The minimum absolute atomic E-state index is 0.00914. The van der Waals surface area contributed by atoms with Gasteiger partial charge < -0.3 is 15.7 Å². The molecule has 1 aliphatic rings. The van der Waals surface area contributed by atoms with Gasteiger partial charge in [-0.2, -0.15) is 0 Å². The van der Waals surface area contributed by atoms with E-state index in [2.05, 4.69) is 10.6 Å². The van der Waals surface area contributed by atoms with Gasteiger partial charge in [0.2, 0.25) is 5.91 Å². The molecule has 0 saturated heterocycles. The van der Waals surface area contributed by atoms with Crippen molar-refractivity contribution in [2.45, 2.75) is 51.6 Å². The lowest BCUT2D eigenvalue weighted by molar-refractivity contribution is -0.124. The predicted molar refractivity (Wildman–Crippen MR) is 60.2 cm³/mol. The number of carboxylic acid groups (broad SMARTS) is 1. The number of hydrogen-bond donors (Lipinski definition) is 3. The maximum absolute atomic E-state index is 11.4. The Balaban J connectivity index is 2.27. The lowest BCUT2D eigenvalue weighted by atomic mass is 9.91. The average Bonchev–Trinajstić information content (AvgIpc) is 2.20. The van der Waals surface area contributed by atoms with Gasteiger partial charge in [0.15, 0.2) is 0 Å². The Labute approximate surface area is 95.6 Å². The van der Waals surface area contributed by atoms with Crippen LogP contribution in [-0.2, 0) is 4.79 Å². The van der Waals surface area contributed by atoms with Gasteiger partial charge in [-0.15, -0.1) is 0 Å². The highest BCUT2D eigenvalue weighted by molar-refractivity contribution is 5.78. The van der Waals surface area contributed by atoms with Gasteiger partial charge in [0, 0.05) is 18.0 Å². The third kappa shape index (κ3) is 4.08. The molecule has 0 unspecified atom stereocenters. The molecule has 1 aliphatic carbocycles. The molecule has 5 heteroatoms. The Kier molecular flexibility index (Phi) is 4.58. The van der Waals surface area contributed by atoms with Crippen LogP contribution in [0.3, 0.4) is 0 Å². The van der Waals surface area contributed by atoms with E-state index in [0.29, 0.717) is 0 Å². The summed E-state index contributed by atoms with van der Waals surface area (Å²) in [6.45, 7) is 3.74. The number of rotatable bonds is 3. The van der Waals surface area contributed by atoms with E-state index in [4.69, 9.17) is 5.11 Å². The Morgan fingerprint density at radius 2 is 1.50 bits per heavy atom. The van der Waals surface area contributed by atoms with Gasteiger partial charge in [-0.25, -0.2) is 4.79 Å². The Bertz CT molecular complexity index is 258. The second-order valence-corrected chi connectivity index (χ2v) is 4.66. The van der Waals surface area contributed by atoms with E-state index in [1.807, 2.05) is 13.8 Å². The zero-order valence-corrected chi connectivity index (χ0v) is 9.82. The van der Waals surface area contributed by atoms with Crippen LogP contribution in [0.2, 0.25) is 0 Å². The highest BCUT2D eigenvalue weighted by atomic mass is 16.4. The number of hydrogen-bond acceptors (Lipinski definition) is 2. The van der Waals surface area contributed by atoms with Crippen LogP contribution in [-0.4, -0.2) is 29.2 Å². The van der Waals surface area contributed by atoms with Crippen molar-refractivity contribution in [3.05, 3.63) is 0 Å². The van der Waals surface area contributed by atoms with E-state index in [-0.39, 0.29) is 23.9 Å². The largest absolute Gasteiger partial charge is 0.465 e. The van der Waals surface area contributed by atoms with Crippen LogP contribution >= 0.6 is 0 Å². The summed E-state index contributed by atoms with van der Waals surface area (Å²) in [4.78, 5) is 21.9. The second kappa shape index (κ2) is 5.72. The van der Waals surface area contributed by atoms with Crippen molar-refractivity contribution in [1.29, 1.82) is 0 Å². The number of carbonyl (C=O) groups excluding carboxylic acids is 1. The normalized spacial score (nSPS) is 25.2. The summed E-state index contributed by atoms with van der Waals surface area (Å²) in [6, 6.07) is 0.256. The molecule has 1 saturated carbocycles.